The molecule has 30 heavy (non-hydrogen) atoms. The molecule has 2 saturated heterocycles. The van der Waals surface area contributed by atoms with Crippen LogP contribution in [0.1, 0.15) is 23.7 Å². The molecule has 2 aliphatic heterocycles. The highest BCUT2D eigenvalue weighted by atomic mass is 16.5. The minimum absolute atomic E-state index is 0.0938. The van der Waals surface area contributed by atoms with Crippen molar-refractivity contribution in [1.82, 2.24) is 14.8 Å². The number of amides is 1. The topological polar surface area (TPSA) is 83.0 Å². The largest absolute Gasteiger partial charge is 0.507 e. The predicted molar refractivity (Wildman–Crippen MR) is 112 cm³/mol. The number of ketones is 1. The van der Waals surface area contributed by atoms with E-state index in [1.165, 1.54) is 0 Å². The highest BCUT2D eigenvalue weighted by molar-refractivity contribution is 6.46. The molecule has 7 nitrogen and oxygen atoms in total. The van der Waals surface area contributed by atoms with Crippen molar-refractivity contribution in [2.45, 2.75) is 12.5 Å². The summed E-state index contributed by atoms with van der Waals surface area (Å²) in [5.74, 6) is -1.43. The molecule has 156 valence electrons. The average molecular weight is 407 g/mol. The minimum Gasteiger partial charge on any atom is -0.507 e. The lowest BCUT2D eigenvalue weighted by Gasteiger charge is -2.28. The molecule has 1 amide bonds. The number of aliphatic hydroxyl groups excluding tert-OH is 1. The zero-order chi connectivity index (χ0) is 20.9. The molecule has 0 radical (unpaired) electrons. The van der Waals surface area contributed by atoms with Crippen LogP contribution in [0.3, 0.4) is 0 Å². The van der Waals surface area contributed by atoms with E-state index in [9.17, 15) is 14.7 Å². The van der Waals surface area contributed by atoms with Crippen molar-refractivity contribution in [3.63, 3.8) is 0 Å². The van der Waals surface area contributed by atoms with Crippen LogP contribution in [0.25, 0.3) is 5.76 Å². The Morgan fingerprint density at radius 2 is 1.77 bits per heavy atom. The quantitative estimate of drug-likeness (QED) is 0.449. The van der Waals surface area contributed by atoms with Crippen LogP contribution in [0.15, 0.2) is 60.3 Å². The maximum Gasteiger partial charge on any atom is 0.295 e. The Morgan fingerprint density at radius 1 is 1.03 bits per heavy atom. The normalized spacial score (nSPS) is 21.9. The lowest BCUT2D eigenvalue weighted by Crippen LogP contribution is -2.39. The Bertz CT molecular complexity index is 924. The van der Waals surface area contributed by atoms with E-state index in [0.29, 0.717) is 17.8 Å². The van der Waals surface area contributed by atoms with E-state index >= 15 is 0 Å². The van der Waals surface area contributed by atoms with Crippen LogP contribution in [-0.2, 0) is 14.3 Å². The third-order valence-corrected chi connectivity index (χ3v) is 5.53. The van der Waals surface area contributed by atoms with Gasteiger partial charge in [-0.1, -0.05) is 36.4 Å². The lowest BCUT2D eigenvalue weighted by molar-refractivity contribution is -0.140. The van der Waals surface area contributed by atoms with Gasteiger partial charge in [0.05, 0.1) is 24.5 Å². The third-order valence-electron chi connectivity index (χ3n) is 5.53. The van der Waals surface area contributed by atoms with Gasteiger partial charge in [0.25, 0.3) is 11.7 Å². The Balaban J connectivity index is 1.63. The molecule has 1 atom stereocenters. The molecule has 1 aromatic heterocycles. The van der Waals surface area contributed by atoms with Crippen LogP contribution in [0.2, 0.25) is 0 Å². The molecular formula is C23H25N3O4. The second kappa shape index (κ2) is 9.19. The number of aromatic nitrogens is 1. The molecule has 4 rings (SSSR count). The van der Waals surface area contributed by atoms with E-state index in [4.69, 9.17) is 4.74 Å². The number of pyridine rings is 1. The first-order valence-corrected chi connectivity index (χ1v) is 10.2. The van der Waals surface area contributed by atoms with E-state index in [2.05, 4.69) is 9.88 Å². The number of morpholine rings is 1. The molecular weight excluding hydrogens is 382 g/mol. The number of nitrogens with zero attached hydrogens (tertiary/aromatic N) is 3. The first-order chi connectivity index (χ1) is 14.7. The van der Waals surface area contributed by atoms with Crippen molar-refractivity contribution in [3.8, 4) is 0 Å². The smallest absolute Gasteiger partial charge is 0.295 e. The van der Waals surface area contributed by atoms with Crippen molar-refractivity contribution in [2.24, 2.45) is 0 Å². The summed E-state index contributed by atoms with van der Waals surface area (Å²) < 4.78 is 5.37. The average Bonchev–Trinajstić information content (AvgIpc) is 3.05. The van der Waals surface area contributed by atoms with Crippen molar-refractivity contribution >= 4 is 17.4 Å². The van der Waals surface area contributed by atoms with Crippen LogP contribution >= 0.6 is 0 Å². The van der Waals surface area contributed by atoms with Gasteiger partial charge < -0.3 is 14.7 Å². The number of carbonyl (C=O) groups excluding carboxylic acids is 2. The van der Waals surface area contributed by atoms with Gasteiger partial charge in [0, 0.05) is 37.9 Å². The first kappa shape index (κ1) is 20.3. The summed E-state index contributed by atoms with van der Waals surface area (Å²) in [7, 11) is 0. The second-order valence-electron chi connectivity index (χ2n) is 7.42. The third kappa shape index (κ3) is 4.13. The number of hydrogen-bond acceptors (Lipinski definition) is 6. The molecule has 0 aliphatic carbocycles. The van der Waals surface area contributed by atoms with E-state index in [1.807, 2.05) is 12.1 Å². The molecule has 0 bridgehead atoms. The Hall–Kier alpha value is -3.03. The highest BCUT2D eigenvalue weighted by Crippen LogP contribution is 2.38. The predicted octanol–water partition coefficient (Wildman–Crippen LogP) is 2.23. The minimum atomic E-state index is -0.698. The molecule has 0 saturated carbocycles. The summed E-state index contributed by atoms with van der Waals surface area (Å²) in [4.78, 5) is 34.0. The summed E-state index contributed by atoms with van der Waals surface area (Å²) in [6.07, 6.45) is 2.35. The number of Topliss-reactive ketones (excluding diaryl/α,β-unsaturated/α-hetero) is 1. The lowest BCUT2D eigenvalue weighted by atomic mass is 9.98. The van der Waals surface area contributed by atoms with Crippen LogP contribution in [0, 0.1) is 0 Å². The van der Waals surface area contributed by atoms with Gasteiger partial charge in [-0.15, -0.1) is 0 Å². The standard InChI is InChI=1S/C23H25N3O4/c27-21(17-7-2-1-3-8-17)19-20(18-9-4-5-10-24-18)26(23(29)22(19)28)12-6-11-25-13-15-30-16-14-25/h1-5,7-10,20,27H,6,11-16H2/t20-/m1/s1. The van der Waals surface area contributed by atoms with Crippen LogP contribution < -0.4 is 0 Å². The fraction of sp³-hybridized carbons (Fsp3) is 0.348. The van der Waals surface area contributed by atoms with Crippen molar-refractivity contribution < 1.29 is 19.4 Å². The number of ether oxygens (including phenoxy) is 1. The second-order valence-corrected chi connectivity index (χ2v) is 7.42. The van der Waals surface area contributed by atoms with Gasteiger partial charge in [0.2, 0.25) is 0 Å². The van der Waals surface area contributed by atoms with Crippen LogP contribution in [-0.4, -0.2) is 71.0 Å². The highest BCUT2D eigenvalue weighted by Gasteiger charge is 2.46. The van der Waals surface area contributed by atoms with E-state index in [0.717, 1.165) is 39.3 Å². The zero-order valence-corrected chi connectivity index (χ0v) is 16.7. The summed E-state index contributed by atoms with van der Waals surface area (Å²) in [6.45, 7) is 4.41. The number of carbonyl (C=O) groups is 2. The zero-order valence-electron chi connectivity index (χ0n) is 16.7. The summed E-state index contributed by atoms with van der Waals surface area (Å²) in [6, 6.07) is 13.5. The fourth-order valence-corrected chi connectivity index (χ4v) is 4.00. The SMILES string of the molecule is O=C1C(=O)N(CCCN2CCOCC2)[C@H](c2ccccn2)C1=C(O)c1ccccc1. The Labute approximate surface area is 175 Å². The number of benzene rings is 1. The first-order valence-electron chi connectivity index (χ1n) is 10.2. The van der Waals surface area contributed by atoms with Gasteiger partial charge in [-0.3, -0.25) is 19.5 Å². The molecule has 1 aromatic carbocycles. The molecule has 2 fully saturated rings. The number of rotatable bonds is 6. The molecule has 3 heterocycles. The van der Waals surface area contributed by atoms with Gasteiger partial charge in [-0.05, 0) is 18.6 Å². The summed E-state index contributed by atoms with van der Waals surface area (Å²) >= 11 is 0. The summed E-state index contributed by atoms with van der Waals surface area (Å²) in [5.41, 5.74) is 1.17. The van der Waals surface area contributed by atoms with Gasteiger partial charge in [0.15, 0.2) is 0 Å². The molecule has 2 aromatic rings. The molecule has 2 aliphatic rings. The molecule has 0 unspecified atom stereocenters. The number of likely N-dealkylation sites (tertiary alicyclic amines) is 1. The monoisotopic (exact) mass is 407 g/mol. The van der Waals surface area contributed by atoms with Crippen LogP contribution in [0.5, 0.6) is 0 Å². The van der Waals surface area contributed by atoms with E-state index in [1.54, 1.807) is 47.5 Å². The Morgan fingerprint density at radius 3 is 2.47 bits per heavy atom. The molecule has 1 N–H and O–H groups in total. The van der Waals surface area contributed by atoms with Gasteiger partial charge in [0.1, 0.15) is 11.8 Å². The molecule has 0 spiro atoms. The van der Waals surface area contributed by atoms with Crippen molar-refractivity contribution in [3.05, 3.63) is 71.6 Å². The Kier molecular flexibility index (Phi) is 6.21. The van der Waals surface area contributed by atoms with Gasteiger partial charge in [-0.2, -0.15) is 0 Å². The van der Waals surface area contributed by atoms with Crippen LogP contribution in [0.4, 0.5) is 0 Å². The molecule has 7 heteroatoms. The number of aliphatic hydroxyl groups is 1. The maximum absolute atomic E-state index is 12.9. The van der Waals surface area contributed by atoms with Gasteiger partial charge in [-0.25, -0.2) is 0 Å². The summed E-state index contributed by atoms with van der Waals surface area (Å²) in [5, 5.41) is 10.9. The van der Waals surface area contributed by atoms with E-state index in [-0.39, 0.29) is 11.3 Å². The van der Waals surface area contributed by atoms with Crippen molar-refractivity contribution in [1.29, 1.82) is 0 Å². The van der Waals surface area contributed by atoms with Crippen molar-refractivity contribution in [2.75, 3.05) is 39.4 Å². The number of hydrogen-bond donors (Lipinski definition) is 1. The fourth-order valence-electron chi connectivity index (χ4n) is 4.00. The van der Waals surface area contributed by atoms with Gasteiger partial charge >= 0.3 is 0 Å². The van der Waals surface area contributed by atoms with E-state index < -0.39 is 17.7 Å². The maximum atomic E-state index is 12.9.